The van der Waals surface area contributed by atoms with Gasteiger partial charge >= 0.3 is 0 Å². The Labute approximate surface area is 367 Å². The smallest absolute Gasteiger partial charge is 0.243 e. The zero-order valence-corrected chi connectivity index (χ0v) is 38.0. The van der Waals surface area contributed by atoms with E-state index in [9.17, 15) is 28.8 Å². The van der Waals surface area contributed by atoms with E-state index in [1.165, 1.54) is 6.33 Å². The fourth-order valence-corrected chi connectivity index (χ4v) is 7.15. The molecule has 0 saturated heterocycles. The van der Waals surface area contributed by atoms with Crippen LogP contribution in [0.15, 0.2) is 42.9 Å². The van der Waals surface area contributed by atoms with Gasteiger partial charge in [0.1, 0.15) is 30.2 Å². The topological polar surface area (TPSA) is 291 Å². The number of rotatable bonds is 28. The van der Waals surface area contributed by atoms with Gasteiger partial charge in [-0.2, -0.15) is 0 Å². The molecule has 1 aromatic heterocycles. The minimum absolute atomic E-state index is 0.0335. The number of aromatic amines is 1. The number of benzene rings is 1. The number of hydrogen-bond acceptors (Lipinski definition) is 9. The van der Waals surface area contributed by atoms with Gasteiger partial charge in [-0.1, -0.05) is 71.9 Å². The molecule has 346 valence electrons. The normalized spacial score (nSPS) is 13.9. The van der Waals surface area contributed by atoms with Gasteiger partial charge in [0.05, 0.1) is 12.0 Å². The first kappa shape index (κ1) is 52.6. The van der Waals surface area contributed by atoms with Crippen LogP contribution in [-0.2, 0) is 41.6 Å². The van der Waals surface area contributed by atoms with Crippen molar-refractivity contribution in [1.82, 2.24) is 47.2 Å². The van der Waals surface area contributed by atoms with Crippen LogP contribution in [0.3, 0.4) is 0 Å². The van der Waals surface area contributed by atoms with Crippen LogP contribution in [0, 0.1) is 23.2 Å². The molecule has 13 N–H and O–H groups in total. The lowest BCUT2D eigenvalue weighted by Gasteiger charge is -2.31. The highest BCUT2D eigenvalue weighted by Gasteiger charge is 2.35. The molecule has 0 spiro atoms. The SMILES string of the molecule is CC(C)CC(=O)N[C@@H](CCCCN)C(=O)N[C@@H](CCCNC(=N)N)C(=O)NC(C(=O)N[C@@H](Cc1c[nH]cn1)C(=O)N[C@@H](Cc1ccccc1)C(=O)NC(C)(C)CC(C)C)C(C)C. The van der Waals surface area contributed by atoms with Gasteiger partial charge < -0.3 is 53.7 Å². The van der Waals surface area contributed by atoms with Crippen molar-refractivity contribution in [1.29, 1.82) is 5.41 Å². The third-order valence-corrected chi connectivity index (χ3v) is 9.95. The zero-order chi connectivity index (χ0) is 46.4. The van der Waals surface area contributed by atoms with E-state index in [0.717, 1.165) is 5.56 Å². The average Bonchev–Trinajstić information content (AvgIpc) is 3.69. The van der Waals surface area contributed by atoms with E-state index in [1.807, 2.05) is 58.0 Å². The molecule has 0 fully saturated rings. The number of aromatic nitrogens is 2. The molecule has 0 aliphatic heterocycles. The Kier molecular flexibility index (Phi) is 22.7. The number of hydrogen-bond donors (Lipinski definition) is 11. The summed E-state index contributed by atoms with van der Waals surface area (Å²) in [6.45, 7) is 15.9. The maximum atomic E-state index is 14.2. The molecule has 0 radical (unpaired) electrons. The van der Waals surface area contributed by atoms with Crippen molar-refractivity contribution in [2.45, 2.75) is 149 Å². The monoisotopic (exact) mass is 867 g/mol. The molecule has 18 nitrogen and oxygen atoms in total. The molecule has 1 heterocycles. The van der Waals surface area contributed by atoms with Crippen molar-refractivity contribution in [2.75, 3.05) is 13.1 Å². The molecule has 0 aliphatic rings. The number of nitrogens with zero attached hydrogens (tertiary/aromatic N) is 1. The average molecular weight is 867 g/mol. The van der Waals surface area contributed by atoms with Gasteiger partial charge in [-0.05, 0) is 82.2 Å². The molecular weight excluding hydrogens is 793 g/mol. The minimum atomic E-state index is -1.21. The molecule has 2 rings (SSSR count). The van der Waals surface area contributed by atoms with Crippen LogP contribution < -0.4 is 48.7 Å². The third kappa shape index (κ3) is 20.4. The molecule has 62 heavy (non-hydrogen) atoms. The number of nitrogens with two attached hydrogens (primary N) is 2. The summed E-state index contributed by atoms with van der Waals surface area (Å²) in [6, 6.07) is 3.84. The van der Waals surface area contributed by atoms with Gasteiger partial charge in [-0.15, -0.1) is 0 Å². The van der Waals surface area contributed by atoms with Crippen molar-refractivity contribution >= 4 is 41.4 Å². The number of carbonyl (C=O) groups excluding carboxylic acids is 6. The Balaban J connectivity index is 2.40. The van der Waals surface area contributed by atoms with Crippen molar-refractivity contribution in [2.24, 2.45) is 29.2 Å². The molecule has 5 atom stereocenters. The minimum Gasteiger partial charge on any atom is -0.370 e. The van der Waals surface area contributed by atoms with Crippen LogP contribution in [0.2, 0.25) is 0 Å². The maximum absolute atomic E-state index is 14.2. The second-order valence-electron chi connectivity index (χ2n) is 17.8. The summed E-state index contributed by atoms with van der Waals surface area (Å²) in [6.07, 6.45) is 6.02. The molecule has 1 aromatic carbocycles. The van der Waals surface area contributed by atoms with E-state index in [-0.39, 0.29) is 55.9 Å². The summed E-state index contributed by atoms with van der Waals surface area (Å²) in [5, 5.41) is 27.4. The molecule has 0 saturated carbocycles. The van der Waals surface area contributed by atoms with Crippen molar-refractivity contribution in [3.8, 4) is 0 Å². The molecule has 0 bridgehead atoms. The van der Waals surface area contributed by atoms with Gasteiger partial charge in [-0.25, -0.2) is 4.98 Å². The first-order chi connectivity index (χ1) is 29.2. The number of amides is 6. The summed E-state index contributed by atoms with van der Waals surface area (Å²) >= 11 is 0. The molecule has 1 unspecified atom stereocenters. The lowest BCUT2D eigenvalue weighted by atomic mass is 9.92. The fraction of sp³-hybridized carbons (Fsp3) is 0.636. The van der Waals surface area contributed by atoms with E-state index < -0.39 is 65.3 Å². The summed E-state index contributed by atoms with van der Waals surface area (Å²) in [5.74, 6) is -3.59. The maximum Gasteiger partial charge on any atom is 0.243 e. The molecule has 0 aliphatic carbocycles. The van der Waals surface area contributed by atoms with Crippen LogP contribution in [0.25, 0.3) is 0 Å². The van der Waals surface area contributed by atoms with Crippen LogP contribution in [0.5, 0.6) is 0 Å². The summed E-state index contributed by atoms with van der Waals surface area (Å²) in [5.41, 5.74) is 11.9. The second-order valence-corrected chi connectivity index (χ2v) is 17.8. The van der Waals surface area contributed by atoms with Crippen LogP contribution >= 0.6 is 0 Å². The number of unbranched alkanes of at least 4 members (excludes halogenated alkanes) is 1. The largest absolute Gasteiger partial charge is 0.370 e. The molecule has 6 amide bonds. The molecular formula is C44H74N12O6. The number of H-pyrrole nitrogens is 1. The van der Waals surface area contributed by atoms with E-state index in [2.05, 4.69) is 61.0 Å². The lowest BCUT2D eigenvalue weighted by Crippen LogP contribution is -2.61. The lowest BCUT2D eigenvalue weighted by molar-refractivity contribution is -0.136. The van der Waals surface area contributed by atoms with Crippen LogP contribution in [0.4, 0.5) is 0 Å². The van der Waals surface area contributed by atoms with Gasteiger partial charge in [0.2, 0.25) is 35.4 Å². The Morgan fingerprint density at radius 2 is 1.31 bits per heavy atom. The van der Waals surface area contributed by atoms with Gasteiger partial charge in [0.15, 0.2) is 5.96 Å². The summed E-state index contributed by atoms with van der Waals surface area (Å²) < 4.78 is 0. The predicted octanol–water partition coefficient (Wildman–Crippen LogP) is 1.65. The first-order valence-electron chi connectivity index (χ1n) is 21.8. The van der Waals surface area contributed by atoms with Gasteiger partial charge in [0.25, 0.3) is 0 Å². The van der Waals surface area contributed by atoms with E-state index in [0.29, 0.717) is 50.3 Å². The van der Waals surface area contributed by atoms with Gasteiger partial charge in [-0.3, -0.25) is 34.2 Å². The summed E-state index contributed by atoms with van der Waals surface area (Å²) in [7, 11) is 0. The van der Waals surface area contributed by atoms with Gasteiger partial charge in [0, 0.05) is 37.5 Å². The number of imidazole rings is 1. The van der Waals surface area contributed by atoms with Crippen molar-refractivity contribution < 1.29 is 28.8 Å². The second kappa shape index (κ2) is 26.7. The van der Waals surface area contributed by atoms with Crippen LogP contribution in [0.1, 0.15) is 112 Å². The highest BCUT2D eigenvalue weighted by Crippen LogP contribution is 2.17. The molecule has 18 heteroatoms. The number of carbonyl (C=O) groups is 6. The van der Waals surface area contributed by atoms with E-state index in [1.54, 1.807) is 20.0 Å². The van der Waals surface area contributed by atoms with Crippen molar-refractivity contribution in [3.05, 3.63) is 54.1 Å². The number of guanidine groups is 1. The Bertz CT molecular complexity index is 1720. The summed E-state index contributed by atoms with van der Waals surface area (Å²) in [4.78, 5) is 90.0. The highest BCUT2D eigenvalue weighted by atomic mass is 16.2. The quantitative estimate of drug-likeness (QED) is 0.0334. The first-order valence-corrected chi connectivity index (χ1v) is 21.8. The Morgan fingerprint density at radius 3 is 1.89 bits per heavy atom. The fourth-order valence-electron chi connectivity index (χ4n) is 7.15. The zero-order valence-electron chi connectivity index (χ0n) is 38.0. The highest BCUT2D eigenvalue weighted by molar-refractivity contribution is 5.96. The van der Waals surface area contributed by atoms with E-state index >= 15 is 0 Å². The predicted molar refractivity (Wildman–Crippen MR) is 240 cm³/mol. The van der Waals surface area contributed by atoms with E-state index in [4.69, 9.17) is 16.9 Å². The Morgan fingerprint density at radius 1 is 0.726 bits per heavy atom. The third-order valence-electron chi connectivity index (χ3n) is 9.95. The van der Waals surface area contributed by atoms with Crippen molar-refractivity contribution in [3.63, 3.8) is 0 Å². The number of nitrogens with one attached hydrogen (secondary N) is 9. The van der Waals surface area contributed by atoms with Crippen LogP contribution in [-0.4, -0.2) is 100 Å². The molecule has 2 aromatic rings. The standard InChI is InChI=1S/C44H74N12O6/c1-27(2)21-36(57)51-32(17-12-13-19-45)38(58)52-33(18-14-20-49-43(46)47)39(59)55-37(29(5)6)42(62)54-35(23-31-25-48-26-50-31)40(60)53-34(22-30-15-10-9-11-16-30)41(61)56-44(7,8)24-28(3)4/h9-11,15-16,25-29,32-35,37H,12-14,17-24,45H2,1-8H3,(H,48,50)(H,51,57)(H,52,58)(H,53,60)(H,54,62)(H,55,59)(H,56,61)(H4,46,47,49)/t32-,33-,34-,35-,37?/m0/s1. The Hall–Kier alpha value is -5.52.